The summed E-state index contributed by atoms with van der Waals surface area (Å²) in [6.07, 6.45) is 9.18. The van der Waals surface area contributed by atoms with Gasteiger partial charge in [-0.15, -0.1) is 0 Å². The van der Waals surface area contributed by atoms with E-state index >= 15 is 0 Å². The normalized spacial score (nSPS) is 48.8. The highest BCUT2D eigenvalue weighted by Gasteiger charge is 2.61. The van der Waals surface area contributed by atoms with E-state index in [-0.39, 0.29) is 11.5 Å². The zero-order valence-electron chi connectivity index (χ0n) is 13.1. The molecule has 3 aliphatic rings. The van der Waals surface area contributed by atoms with Crippen molar-refractivity contribution < 1.29 is 9.84 Å². The maximum Gasteiger partial charge on any atom is 0.0741 e. The van der Waals surface area contributed by atoms with Crippen molar-refractivity contribution in [1.82, 2.24) is 0 Å². The third-order valence-corrected chi connectivity index (χ3v) is 6.64. The fraction of sp³-hybridized carbons (Fsp3) is 1.00. The molecule has 3 rings (SSSR count). The lowest BCUT2D eigenvalue weighted by molar-refractivity contribution is -0.121. The molecule has 2 saturated heterocycles. The molecule has 0 amide bonds. The van der Waals surface area contributed by atoms with Gasteiger partial charge in [0, 0.05) is 12.0 Å². The van der Waals surface area contributed by atoms with Crippen LogP contribution < -0.4 is 5.73 Å². The SMILES string of the molecule is CC(C)C1CCCC(O)(C2(CN)CC3CCC2O3)CC1. The molecule has 3 fully saturated rings. The van der Waals surface area contributed by atoms with Gasteiger partial charge >= 0.3 is 0 Å². The molecule has 0 radical (unpaired) electrons. The van der Waals surface area contributed by atoms with Crippen molar-refractivity contribution in [2.45, 2.75) is 83.0 Å². The van der Waals surface area contributed by atoms with Gasteiger partial charge in [-0.2, -0.15) is 0 Å². The van der Waals surface area contributed by atoms with Gasteiger partial charge in [0.2, 0.25) is 0 Å². The maximum absolute atomic E-state index is 11.5. The molecule has 2 heterocycles. The molecule has 2 aliphatic heterocycles. The van der Waals surface area contributed by atoms with Crippen molar-refractivity contribution in [3.8, 4) is 0 Å². The molecule has 0 aromatic rings. The second kappa shape index (κ2) is 5.26. The highest BCUT2D eigenvalue weighted by molar-refractivity contribution is 5.12. The first kappa shape index (κ1) is 14.8. The molecule has 1 aliphatic carbocycles. The molecule has 5 unspecified atom stereocenters. The quantitative estimate of drug-likeness (QED) is 0.782. The number of ether oxygens (including phenoxy) is 1. The average Bonchev–Trinajstić information content (AvgIpc) is 2.97. The van der Waals surface area contributed by atoms with Gasteiger partial charge < -0.3 is 15.6 Å². The minimum absolute atomic E-state index is 0.165. The topological polar surface area (TPSA) is 55.5 Å². The van der Waals surface area contributed by atoms with Gasteiger partial charge in [0.25, 0.3) is 0 Å². The summed E-state index contributed by atoms with van der Waals surface area (Å²) in [5, 5.41) is 11.5. The van der Waals surface area contributed by atoms with Gasteiger partial charge in [-0.25, -0.2) is 0 Å². The molecule has 0 aromatic heterocycles. The number of fused-ring (bicyclic) bond motifs is 2. The van der Waals surface area contributed by atoms with E-state index < -0.39 is 5.60 Å². The zero-order chi connectivity index (χ0) is 14.4. The molecule has 2 bridgehead atoms. The lowest BCUT2D eigenvalue weighted by Gasteiger charge is -2.48. The Kier molecular flexibility index (Phi) is 3.89. The molecule has 116 valence electrons. The van der Waals surface area contributed by atoms with Gasteiger partial charge in [0.05, 0.1) is 17.8 Å². The van der Waals surface area contributed by atoms with Crippen molar-refractivity contribution in [3.05, 3.63) is 0 Å². The first-order valence-corrected chi connectivity index (χ1v) is 8.59. The number of nitrogens with two attached hydrogens (primary N) is 1. The van der Waals surface area contributed by atoms with Crippen molar-refractivity contribution in [3.63, 3.8) is 0 Å². The van der Waals surface area contributed by atoms with E-state index in [1.54, 1.807) is 0 Å². The lowest BCUT2D eigenvalue weighted by Crippen LogP contribution is -2.57. The van der Waals surface area contributed by atoms with Crippen LogP contribution in [0.15, 0.2) is 0 Å². The standard InChI is InChI=1S/C17H31NO2/c1-12(2)13-4-3-8-17(19,9-7-13)16(11-18)10-14-5-6-15(16)20-14/h12-15,19H,3-11,18H2,1-2H3. The molecule has 0 aromatic carbocycles. The van der Waals surface area contributed by atoms with Crippen LogP contribution >= 0.6 is 0 Å². The summed E-state index contributed by atoms with van der Waals surface area (Å²) in [4.78, 5) is 0. The second-order valence-electron chi connectivity index (χ2n) is 7.86. The highest BCUT2D eigenvalue weighted by Crippen LogP contribution is 2.56. The van der Waals surface area contributed by atoms with E-state index in [0.29, 0.717) is 12.6 Å². The van der Waals surface area contributed by atoms with E-state index in [2.05, 4.69) is 13.8 Å². The van der Waals surface area contributed by atoms with Gasteiger partial charge in [-0.1, -0.05) is 26.7 Å². The second-order valence-corrected chi connectivity index (χ2v) is 7.86. The Labute approximate surface area is 123 Å². The lowest BCUT2D eigenvalue weighted by atomic mass is 9.60. The van der Waals surface area contributed by atoms with Gasteiger partial charge in [0.1, 0.15) is 0 Å². The Morgan fingerprint density at radius 1 is 1.20 bits per heavy atom. The maximum atomic E-state index is 11.5. The third-order valence-electron chi connectivity index (χ3n) is 6.64. The summed E-state index contributed by atoms with van der Waals surface area (Å²) < 4.78 is 6.07. The predicted molar refractivity (Wildman–Crippen MR) is 80.4 cm³/mol. The number of hydrogen-bond donors (Lipinski definition) is 2. The molecule has 5 atom stereocenters. The van der Waals surface area contributed by atoms with Crippen molar-refractivity contribution in [2.75, 3.05) is 6.54 Å². The minimum atomic E-state index is -0.592. The predicted octanol–water partition coefficient (Wildman–Crippen LogP) is 2.85. The molecular formula is C17H31NO2. The van der Waals surface area contributed by atoms with E-state index in [9.17, 15) is 5.11 Å². The average molecular weight is 281 g/mol. The summed E-state index contributed by atoms with van der Waals surface area (Å²) in [5.74, 6) is 1.49. The first-order valence-electron chi connectivity index (χ1n) is 8.59. The van der Waals surface area contributed by atoms with Crippen LogP contribution in [0.2, 0.25) is 0 Å². The first-order chi connectivity index (χ1) is 9.51. The van der Waals surface area contributed by atoms with Crippen LogP contribution in [0.1, 0.15) is 65.2 Å². The van der Waals surface area contributed by atoms with E-state index in [1.807, 2.05) is 0 Å². The summed E-state index contributed by atoms with van der Waals surface area (Å²) in [7, 11) is 0. The van der Waals surface area contributed by atoms with Crippen LogP contribution in [0.5, 0.6) is 0 Å². The summed E-state index contributed by atoms with van der Waals surface area (Å²) in [6, 6.07) is 0. The molecular weight excluding hydrogens is 250 g/mol. The third kappa shape index (κ3) is 2.13. The Bertz CT molecular complexity index is 359. The van der Waals surface area contributed by atoms with Crippen LogP contribution in [0.3, 0.4) is 0 Å². The molecule has 3 nitrogen and oxygen atoms in total. The van der Waals surface area contributed by atoms with Crippen LogP contribution in [0.25, 0.3) is 0 Å². The minimum Gasteiger partial charge on any atom is -0.389 e. The summed E-state index contributed by atoms with van der Waals surface area (Å²) in [5.41, 5.74) is 5.42. The molecule has 3 N–H and O–H groups in total. The Balaban J connectivity index is 1.80. The Morgan fingerprint density at radius 3 is 2.55 bits per heavy atom. The smallest absolute Gasteiger partial charge is 0.0741 e. The molecule has 0 spiro atoms. The highest BCUT2D eigenvalue weighted by atomic mass is 16.5. The van der Waals surface area contributed by atoms with Crippen molar-refractivity contribution >= 4 is 0 Å². The molecule has 20 heavy (non-hydrogen) atoms. The number of rotatable bonds is 3. The fourth-order valence-corrected chi connectivity index (χ4v) is 5.21. The van der Waals surface area contributed by atoms with Crippen molar-refractivity contribution in [1.29, 1.82) is 0 Å². The van der Waals surface area contributed by atoms with Gasteiger partial charge in [-0.05, 0) is 50.4 Å². The van der Waals surface area contributed by atoms with Crippen LogP contribution in [-0.2, 0) is 4.74 Å². The summed E-state index contributed by atoms with van der Waals surface area (Å²) in [6.45, 7) is 5.21. The number of aliphatic hydroxyl groups is 1. The monoisotopic (exact) mass is 281 g/mol. The van der Waals surface area contributed by atoms with E-state index in [4.69, 9.17) is 10.5 Å². The Morgan fingerprint density at radius 2 is 2.00 bits per heavy atom. The van der Waals surface area contributed by atoms with Gasteiger partial charge in [-0.3, -0.25) is 0 Å². The molecule has 1 saturated carbocycles. The fourth-order valence-electron chi connectivity index (χ4n) is 5.21. The van der Waals surface area contributed by atoms with Crippen LogP contribution in [0, 0.1) is 17.3 Å². The van der Waals surface area contributed by atoms with Crippen LogP contribution in [0.4, 0.5) is 0 Å². The van der Waals surface area contributed by atoms with Crippen LogP contribution in [-0.4, -0.2) is 29.5 Å². The Hall–Kier alpha value is -0.120. The van der Waals surface area contributed by atoms with Gasteiger partial charge in [0.15, 0.2) is 0 Å². The zero-order valence-corrected chi connectivity index (χ0v) is 13.1. The summed E-state index contributed by atoms with van der Waals surface area (Å²) >= 11 is 0. The van der Waals surface area contributed by atoms with E-state index in [1.165, 1.54) is 6.42 Å². The number of hydrogen-bond acceptors (Lipinski definition) is 3. The molecule has 3 heteroatoms. The van der Waals surface area contributed by atoms with E-state index in [0.717, 1.165) is 56.8 Å². The van der Waals surface area contributed by atoms with Crippen molar-refractivity contribution in [2.24, 2.45) is 23.0 Å². The largest absolute Gasteiger partial charge is 0.389 e.